The number of amides is 1. The van der Waals surface area contributed by atoms with Crippen LogP contribution in [0.4, 0.5) is 17.3 Å². The van der Waals surface area contributed by atoms with E-state index in [0.29, 0.717) is 33.7 Å². The number of carbonyl (C=O) groups is 1. The molecule has 4 aromatic rings. The quantitative estimate of drug-likeness (QED) is 0.335. The van der Waals surface area contributed by atoms with Crippen molar-refractivity contribution >= 4 is 34.8 Å². The third kappa shape index (κ3) is 5.27. The fourth-order valence-corrected chi connectivity index (χ4v) is 3.46. The smallest absolute Gasteiger partial charge is 0.255 e. The maximum absolute atomic E-state index is 12.6. The van der Waals surface area contributed by atoms with Gasteiger partial charge >= 0.3 is 0 Å². The fourth-order valence-electron chi connectivity index (χ4n) is 3.33. The zero-order chi connectivity index (χ0) is 24.1. The zero-order valence-corrected chi connectivity index (χ0v) is 19.7. The topological polar surface area (TPSA) is 85.4 Å². The Bertz CT molecular complexity index is 1330. The molecule has 0 atom stereocenters. The van der Waals surface area contributed by atoms with E-state index in [1.807, 2.05) is 49.4 Å². The van der Waals surface area contributed by atoms with Crippen molar-refractivity contribution in [1.29, 1.82) is 0 Å². The summed E-state index contributed by atoms with van der Waals surface area (Å²) < 4.78 is 10.7. The molecular weight excluding hydrogens is 452 g/mol. The van der Waals surface area contributed by atoms with Crippen molar-refractivity contribution in [3.05, 3.63) is 89.1 Å². The Morgan fingerprint density at radius 2 is 1.68 bits per heavy atom. The third-order valence-electron chi connectivity index (χ3n) is 5.18. The molecule has 1 amide bonds. The number of nitrogens with zero attached hydrogens (tertiary/aromatic N) is 2. The average molecular weight is 475 g/mol. The average Bonchev–Trinajstić information content (AvgIpc) is 2.86. The summed E-state index contributed by atoms with van der Waals surface area (Å²) in [6.45, 7) is 1.96. The van der Waals surface area contributed by atoms with E-state index in [1.54, 1.807) is 44.7 Å². The standard InChI is InChI=1S/C26H23ClN4O3/c1-16-4-10-20(29-25(32)17-5-8-19(27)9-6-17)15-22(16)31-26-28-13-12-21(30-26)18-7-11-23(33-2)24(14-18)34-3/h4-15H,1-3H3,(H,29,32)(H,28,30,31). The lowest BCUT2D eigenvalue weighted by Crippen LogP contribution is -2.12. The number of anilines is 3. The largest absolute Gasteiger partial charge is 0.493 e. The molecule has 172 valence electrons. The SMILES string of the molecule is COc1ccc(-c2ccnc(Nc3cc(NC(=O)c4ccc(Cl)cc4)ccc3C)n2)cc1OC. The molecular formula is C26H23ClN4O3. The molecule has 0 saturated carbocycles. The minimum atomic E-state index is -0.224. The number of nitrogens with one attached hydrogen (secondary N) is 2. The van der Waals surface area contributed by atoms with E-state index in [9.17, 15) is 4.79 Å². The number of hydrogen-bond donors (Lipinski definition) is 2. The maximum Gasteiger partial charge on any atom is 0.255 e. The first-order valence-electron chi connectivity index (χ1n) is 10.5. The van der Waals surface area contributed by atoms with Gasteiger partial charge in [0.25, 0.3) is 5.91 Å². The van der Waals surface area contributed by atoms with Crippen molar-refractivity contribution in [3.63, 3.8) is 0 Å². The molecule has 0 radical (unpaired) electrons. The molecule has 0 bridgehead atoms. The number of aromatic nitrogens is 2. The summed E-state index contributed by atoms with van der Waals surface area (Å²) in [4.78, 5) is 21.5. The molecule has 0 spiro atoms. The molecule has 34 heavy (non-hydrogen) atoms. The Labute approximate surface area is 202 Å². The number of ether oxygens (including phenoxy) is 2. The Morgan fingerprint density at radius 1 is 0.912 bits per heavy atom. The van der Waals surface area contributed by atoms with Gasteiger partial charge in [-0.1, -0.05) is 17.7 Å². The number of carbonyl (C=O) groups excluding carboxylic acids is 1. The van der Waals surface area contributed by atoms with Crippen LogP contribution in [0.2, 0.25) is 5.02 Å². The van der Waals surface area contributed by atoms with Crippen molar-refractivity contribution in [2.75, 3.05) is 24.9 Å². The number of benzene rings is 3. The first kappa shape index (κ1) is 23.1. The van der Waals surface area contributed by atoms with Crippen LogP contribution in [0.1, 0.15) is 15.9 Å². The summed E-state index contributed by atoms with van der Waals surface area (Å²) in [5.74, 6) is 1.47. The lowest BCUT2D eigenvalue weighted by Gasteiger charge is -2.13. The van der Waals surface area contributed by atoms with Crippen LogP contribution in [-0.2, 0) is 0 Å². The molecule has 3 aromatic carbocycles. The Balaban J connectivity index is 1.55. The number of methoxy groups -OCH3 is 2. The molecule has 0 aliphatic heterocycles. The molecule has 1 aromatic heterocycles. The second-order valence-corrected chi connectivity index (χ2v) is 7.89. The van der Waals surface area contributed by atoms with Crippen LogP contribution in [0, 0.1) is 6.92 Å². The van der Waals surface area contributed by atoms with Gasteiger partial charge in [0, 0.05) is 33.7 Å². The molecule has 0 unspecified atom stereocenters. The van der Waals surface area contributed by atoms with Crippen molar-refractivity contribution in [2.45, 2.75) is 6.92 Å². The molecule has 0 aliphatic rings. The highest BCUT2D eigenvalue weighted by Gasteiger charge is 2.11. The van der Waals surface area contributed by atoms with Gasteiger partial charge in [-0.3, -0.25) is 4.79 Å². The highest BCUT2D eigenvalue weighted by molar-refractivity contribution is 6.30. The number of rotatable bonds is 7. The van der Waals surface area contributed by atoms with E-state index in [1.165, 1.54) is 0 Å². The lowest BCUT2D eigenvalue weighted by atomic mass is 10.1. The van der Waals surface area contributed by atoms with Gasteiger partial charge in [-0.05, 0) is 73.2 Å². The van der Waals surface area contributed by atoms with Crippen molar-refractivity contribution in [3.8, 4) is 22.8 Å². The molecule has 4 rings (SSSR count). The number of aryl methyl sites for hydroxylation is 1. The van der Waals surface area contributed by atoms with E-state index in [4.69, 9.17) is 21.1 Å². The van der Waals surface area contributed by atoms with Gasteiger partial charge in [0.1, 0.15) is 0 Å². The van der Waals surface area contributed by atoms with Crippen LogP contribution in [0.15, 0.2) is 72.9 Å². The van der Waals surface area contributed by atoms with Crippen molar-refractivity contribution in [1.82, 2.24) is 9.97 Å². The van der Waals surface area contributed by atoms with Gasteiger partial charge in [-0.2, -0.15) is 0 Å². The van der Waals surface area contributed by atoms with E-state index in [0.717, 1.165) is 22.5 Å². The van der Waals surface area contributed by atoms with Gasteiger partial charge in [0.05, 0.1) is 19.9 Å². The predicted octanol–water partition coefficient (Wildman–Crippen LogP) is 6.12. The second-order valence-electron chi connectivity index (χ2n) is 7.45. The van der Waals surface area contributed by atoms with Gasteiger partial charge < -0.3 is 20.1 Å². The summed E-state index contributed by atoms with van der Waals surface area (Å²) in [5, 5.41) is 6.73. The van der Waals surface area contributed by atoms with E-state index >= 15 is 0 Å². The normalized spacial score (nSPS) is 10.5. The summed E-state index contributed by atoms with van der Waals surface area (Å²) in [6, 6.07) is 19.7. The minimum absolute atomic E-state index is 0.224. The van der Waals surface area contributed by atoms with Crippen molar-refractivity contribution < 1.29 is 14.3 Å². The second kappa shape index (κ2) is 10.2. The lowest BCUT2D eigenvalue weighted by molar-refractivity contribution is 0.102. The van der Waals surface area contributed by atoms with E-state index < -0.39 is 0 Å². The van der Waals surface area contributed by atoms with Gasteiger partial charge in [-0.15, -0.1) is 0 Å². The molecule has 8 heteroatoms. The Morgan fingerprint density at radius 3 is 2.41 bits per heavy atom. The third-order valence-corrected chi connectivity index (χ3v) is 5.44. The number of hydrogen-bond acceptors (Lipinski definition) is 6. The van der Waals surface area contributed by atoms with Gasteiger partial charge in [0.2, 0.25) is 5.95 Å². The fraction of sp³-hybridized carbons (Fsp3) is 0.115. The molecule has 1 heterocycles. The molecule has 0 fully saturated rings. The van der Waals surface area contributed by atoms with Crippen LogP contribution >= 0.6 is 11.6 Å². The first-order chi connectivity index (χ1) is 16.5. The number of halogens is 1. The van der Waals surface area contributed by atoms with Crippen LogP contribution < -0.4 is 20.1 Å². The predicted molar refractivity (Wildman–Crippen MR) is 134 cm³/mol. The zero-order valence-electron chi connectivity index (χ0n) is 18.9. The van der Waals surface area contributed by atoms with Gasteiger partial charge in [0.15, 0.2) is 11.5 Å². The molecule has 0 aliphatic carbocycles. The van der Waals surface area contributed by atoms with Crippen LogP contribution in [0.3, 0.4) is 0 Å². The molecule has 0 saturated heterocycles. The maximum atomic E-state index is 12.6. The monoisotopic (exact) mass is 474 g/mol. The molecule has 7 nitrogen and oxygen atoms in total. The van der Waals surface area contributed by atoms with Crippen LogP contribution in [0.25, 0.3) is 11.3 Å². The minimum Gasteiger partial charge on any atom is -0.493 e. The van der Waals surface area contributed by atoms with Gasteiger partial charge in [-0.25, -0.2) is 9.97 Å². The summed E-state index contributed by atoms with van der Waals surface area (Å²) in [7, 11) is 3.19. The van der Waals surface area contributed by atoms with Crippen LogP contribution in [-0.4, -0.2) is 30.1 Å². The van der Waals surface area contributed by atoms with E-state index in [-0.39, 0.29) is 5.91 Å². The summed E-state index contributed by atoms with van der Waals surface area (Å²) in [5.41, 5.74) is 4.50. The Kier molecular flexibility index (Phi) is 6.94. The first-order valence-corrected chi connectivity index (χ1v) is 10.8. The van der Waals surface area contributed by atoms with Crippen molar-refractivity contribution in [2.24, 2.45) is 0 Å². The highest BCUT2D eigenvalue weighted by atomic mass is 35.5. The highest BCUT2D eigenvalue weighted by Crippen LogP contribution is 2.32. The molecule has 2 N–H and O–H groups in total. The van der Waals surface area contributed by atoms with E-state index in [2.05, 4.69) is 20.6 Å². The summed E-state index contributed by atoms with van der Waals surface area (Å²) in [6.07, 6.45) is 1.68. The summed E-state index contributed by atoms with van der Waals surface area (Å²) >= 11 is 5.91. The van der Waals surface area contributed by atoms with Crippen LogP contribution in [0.5, 0.6) is 11.5 Å². The Hall–Kier alpha value is -4.10.